The number of ether oxygens (including phenoxy) is 1. The maximum atomic E-state index is 11.3. The molecule has 0 bridgehead atoms. The molecule has 3 rings (SSSR count). The molecule has 1 N–H and O–H groups in total. The predicted molar refractivity (Wildman–Crippen MR) is 100 cm³/mol. The highest BCUT2D eigenvalue weighted by atomic mass is 32.2. The Bertz CT molecular complexity index is 1000. The lowest BCUT2D eigenvalue weighted by Crippen LogP contribution is -1.95. The zero-order chi connectivity index (χ0) is 19.4. The van der Waals surface area contributed by atoms with Crippen molar-refractivity contribution in [2.75, 3.05) is 6.61 Å². The fraction of sp³-hybridized carbons (Fsp3) is 0.235. The summed E-state index contributed by atoms with van der Waals surface area (Å²) in [6, 6.07) is 8.99. The molecule has 0 atom stereocenters. The average Bonchev–Trinajstić information content (AvgIpc) is 3.03. The van der Waals surface area contributed by atoms with Crippen LogP contribution in [-0.4, -0.2) is 26.4 Å². The Morgan fingerprint density at radius 1 is 1.15 bits per heavy atom. The highest BCUT2D eigenvalue weighted by molar-refractivity contribution is 7.99. The quantitative estimate of drug-likeness (QED) is 0.336. The van der Waals surface area contributed by atoms with Gasteiger partial charge in [-0.05, 0) is 36.4 Å². The number of non-ortho nitro benzene ring substituents is 1. The second kappa shape index (κ2) is 8.04. The number of unbranched alkanes of at least 4 members (excludes halogenated alkanes) is 1. The van der Waals surface area contributed by atoms with Crippen LogP contribution in [0.1, 0.15) is 19.8 Å². The van der Waals surface area contributed by atoms with E-state index in [1.165, 1.54) is 12.1 Å². The molecule has 0 aliphatic heterocycles. The van der Waals surface area contributed by atoms with Crippen LogP contribution in [0.15, 0.2) is 46.5 Å². The van der Waals surface area contributed by atoms with Gasteiger partial charge in [0.05, 0.1) is 38.4 Å². The first kappa shape index (κ1) is 18.6. The monoisotopic (exact) mass is 388 g/mol. The Kier molecular flexibility index (Phi) is 5.55. The van der Waals surface area contributed by atoms with Gasteiger partial charge >= 0.3 is 0 Å². The van der Waals surface area contributed by atoms with Crippen LogP contribution < -0.4 is 4.74 Å². The zero-order valence-corrected chi connectivity index (χ0v) is 15.2. The third-order valence-corrected chi connectivity index (χ3v) is 4.71. The van der Waals surface area contributed by atoms with Gasteiger partial charge in [-0.1, -0.05) is 13.3 Å². The van der Waals surface area contributed by atoms with E-state index < -0.39 is 9.85 Å². The molecule has 3 aromatic rings. The van der Waals surface area contributed by atoms with Crippen LogP contribution in [0.3, 0.4) is 0 Å². The molecule has 10 heteroatoms. The number of fused-ring (bicyclic) bond motifs is 1. The summed E-state index contributed by atoms with van der Waals surface area (Å²) in [5.41, 5.74) is 0.781. The first-order valence-electron chi connectivity index (χ1n) is 8.21. The van der Waals surface area contributed by atoms with Crippen molar-refractivity contribution in [2.45, 2.75) is 29.8 Å². The van der Waals surface area contributed by atoms with E-state index in [4.69, 9.17) is 4.74 Å². The van der Waals surface area contributed by atoms with E-state index in [1.807, 2.05) is 12.1 Å². The van der Waals surface area contributed by atoms with Gasteiger partial charge in [-0.15, -0.1) is 0 Å². The van der Waals surface area contributed by atoms with E-state index in [2.05, 4.69) is 16.9 Å². The number of hydrogen-bond acceptors (Lipinski definition) is 7. The third kappa shape index (κ3) is 4.34. The third-order valence-electron chi connectivity index (χ3n) is 3.75. The fourth-order valence-corrected chi connectivity index (χ4v) is 3.28. The van der Waals surface area contributed by atoms with Gasteiger partial charge in [0, 0.05) is 12.1 Å². The molecule has 0 aliphatic rings. The molecule has 140 valence electrons. The summed E-state index contributed by atoms with van der Waals surface area (Å²) < 4.78 is 5.66. The van der Waals surface area contributed by atoms with Gasteiger partial charge in [-0.3, -0.25) is 20.2 Å². The van der Waals surface area contributed by atoms with Gasteiger partial charge in [-0.2, -0.15) is 0 Å². The van der Waals surface area contributed by atoms with Crippen LogP contribution in [-0.2, 0) is 0 Å². The first-order chi connectivity index (χ1) is 13.0. The van der Waals surface area contributed by atoms with E-state index in [0.29, 0.717) is 17.3 Å². The number of H-pyrrole nitrogens is 1. The number of hydrogen-bond donors (Lipinski definition) is 1. The topological polar surface area (TPSA) is 124 Å². The first-order valence-corrected chi connectivity index (χ1v) is 9.03. The molecule has 0 aliphatic carbocycles. The molecule has 1 heterocycles. The highest BCUT2D eigenvalue weighted by Crippen LogP contribution is 2.36. The molecule has 2 aromatic carbocycles. The lowest BCUT2D eigenvalue weighted by Gasteiger charge is -2.04. The summed E-state index contributed by atoms with van der Waals surface area (Å²) in [6.45, 7) is 2.72. The lowest BCUT2D eigenvalue weighted by atomic mass is 10.3. The molecule has 9 nitrogen and oxygen atoms in total. The Morgan fingerprint density at radius 2 is 1.96 bits per heavy atom. The maximum Gasteiger partial charge on any atom is 0.290 e. The lowest BCUT2D eigenvalue weighted by molar-refractivity contribution is -0.396. The van der Waals surface area contributed by atoms with Crippen LogP contribution in [0.5, 0.6) is 5.75 Å². The Labute approximate surface area is 158 Å². The number of nitro benzene ring substituents is 2. The molecule has 1 aromatic heterocycles. The number of nitro groups is 2. The minimum Gasteiger partial charge on any atom is -0.494 e. The largest absolute Gasteiger partial charge is 0.494 e. The Hall–Kier alpha value is -3.14. The molecule has 0 saturated carbocycles. The van der Waals surface area contributed by atoms with Crippen LogP contribution >= 0.6 is 11.8 Å². The zero-order valence-electron chi connectivity index (χ0n) is 14.4. The summed E-state index contributed by atoms with van der Waals surface area (Å²) >= 11 is 1.04. The van der Waals surface area contributed by atoms with E-state index in [0.717, 1.165) is 41.9 Å². The van der Waals surface area contributed by atoms with Gasteiger partial charge in [0.15, 0.2) is 5.16 Å². The summed E-state index contributed by atoms with van der Waals surface area (Å²) in [5, 5.41) is 22.5. The summed E-state index contributed by atoms with van der Waals surface area (Å²) in [4.78, 5) is 28.5. The molecule has 0 fully saturated rings. The molecular weight excluding hydrogens is 372 g/mol. The molecule has 0 saturated heterocycles. The fourth-order valence-electron chi connectivity index (χ4n) is 2.39. The van der Waals surface area contributed by atoms with Crippen LogP contribution in [0.2, 0.25) is 0 Å². The van der Waals surface area contributed by atoms with Gasteiger partial charge in [0.1, 0.15) is 5.75 Å². The maximum absolute atomic E-state index is 11.3. The van der Waals surface area contributed by atoms with E-state index >= 15 is 0 Å². The number of imidazole rings is 1. The molecule has 0 radical (unpaired) electrons. The molecule has 27 heavy (non-hydrogen) atoms. The number of benzene rings is 2. The van der Waals surface area contributed by atoms with Crippen LogP contribution in [0, 0.1) is 20.2 Å². The second-order valence-corrected chi connectivity index (χ2v) is 6.72. The van der Waals surface area contributed by atoms with Crippen molar-refractivity contribution < 1.29 is 14.6 Å². The molecular formula is C17H16N4O5S. The van der Waals surface area contributed by atoms with Gasteiger partial charge in [0.2, 0.25) is 0 Å². The number of nitrogens with one attached hydrogen (secondary N) is 1. The van der Waals surface area contributed by atoms with Crippen molar-refractivity contribution in [3.05, 3.63) is 56.6 Å². The van der Waals surface area contributed by atoms with Gasteiger partial charge in [-0.25, -0.2) is 4.98 Å². The predicted octanol–water partition coefficient (Wildman–Crippen LogP) is 4.71. The normalized spacial score (nSPS) is 10.9. The smallest absolute Gasteiger partial charge is 0.290 e. The van der Waals surface area contributed by atoms with Crippen molar-refractivity contribution in [3.8, 4) is 5.75 Å². The summed E-state index contributed by atoms with van der Waals surface area (Å²) in [6.07, 6.45) is 2.01. The number of nitrogens with zero attached hydrogens (tertiary/aromatic N) is 3. The van der Waals surface area contributed by atoms with Crippen molar-refractivity contribution in [1.29, 1.82) is 0 Å². The van der Waals surface area contributed by atoms with Crippen LogP contribution in [0.4, 0.5) is 11.4 Å². The number of aromatic amines is 1. The van der Waals surface area contributed by atoms with Gasteiger partial charge in [0.25, 0.3) is 11.4 Å². The Morgan fingerprint density at radius 3 is 2.67 bits per heavy atom. The van der Waals surface area contributed by atoms with Gasteiger partial charge < -0.3 is 9.72 Å². The number of rotatable bonds is 8. The van der Waals surface area contributed by atoms with Crippen molar-refractivity contribution in [1.82, 2.24) is 9.97 Å². The van der Waals surface area contributed by atoms with Crippen molar-refractivity contribution >= 4 is 34.2 Å². The molecule has 0 amide bonds. The van der Waals surface area contributed by atoms with Crippen molar-refractivity contribution in [3.63, 3.8) is 0 Å². The molecule has 0 spiro atoms. The minimum atomic E-state index is -0.664. The average molecular weight is 388 g/mol. The standard InChI is InChI=1S/C17H16N4O5S/c1-2-3-8-26-12-5-6-13-14(10-12)19-17(18-13)27-16-7-4-11(20(22)23)9-15(16)21(24)25/h4-7,9-10H,2-3,8H2,1H3,(H,18,19). The number of aromatic nitrogens is 2. The van der Waals surface area contributed by atoms with E-state index in [9.17, 15) is 20.2 Å². The minimum absolute atomic E-state index is 0.268. The second-order valence-electron chi connectivity index (χ2n) is 5.69. The van der Waals surface area contributed by atoms with Crippen molar-refractivity contribution in [2.24, 2.45) is 0 Å². The van der Waals surface area contributed by atoms with E-state index in [-0.39, 0.29) is 16.3 Å². The van der Waals surface area contributed by atoms with E-state index in [1.54, 1.807) is 6.07 Å². The highest BCUT2D eigenvalue weighted by Gasteiger charge is 2.21. The molecule has 0 unspecified atom stereocenters. The summed E-state index contributed by atoms with van der Waals surface area (Å²) in [5.74, 6) is 0.720. The van der Waals surface area contributed by atoms with Crippen LogP contribution in [0.25, 0.3) is 11.0 Å². The SMILES string of the molecule is CCCCOc1ccc2nc(Sc3ccc([N+](=O)[O-])cc3[N+](=O)[O-])[nH]c2c1. The Balaban J connectivity index is 1.86. The summed E-state index contributed by atoms with van der Waals surface area (Å²) in [7, 11) is 0.